The molecule has 2 aromatic carbocycles. The number of thioether (sulfide) groups is 1. The molecule has 0 aliphatic heterocycles. The van der Waals surface area contributed by atoms with Crippen molar-refractivity contribution < 1.29 is 24.6 Å². The van der Waals surface area contributed by atoms with Crippen molar-refractivity contribution in [2.45, 2.75) is 10.9 Å². The molecule has 0 saturated carbocycles. The van der Waals surface area contributed by atoms with Gasteiger partial charge in [0.25, 0.3) is 5.91 Å². The number of carboxylic acids is 2. The molecule has 166 valence electrons. The number of carboxylic acid groups (broad SMARTS) is 2. The van der Waals surface area contributed by atoms with Crippen molar-refractivity contribution in [3.63, 3.8) is 0 Å². The standard InChI is InChI=1S/C23H18N4O5S/c28-21(27-19(23(31)32)12-33-16-3-1-2-15(10-16)22(29)30)14-4-5-17-18(11-14)26-20(25-17)13-6-8-24-9-7-13/h1-11,19H,12H2,(H,25,26)(H,27,28)(H,29,30)(H,31,32)/t19-/m0/s1. The maximum atomic E-state index is 12.7. The summed E-state index contributed by atoms with van der Waals surface area (Å²) in [5.74, 6) is -2.13. The Morgan fingerprint density at radius 3 is 2.52 bits per heavy atom. The molecule has 0 unspecified atom stereocenters. The highest BCUT2D eigenvalue weighted by molar-refractivity contribution is 7.99. The summed E-state index contributed by atoms with van der Waals surface area (Å²) in [6, 6.07) is 13.5. The smallest absolute Gasteiger partial charge is 0.335 e. The number of fused-ring (bicyclic) bond motifs is 1. The zero-order chi connectivity index (χ0) is 23.4. The average Bonchev–Trinajstić information content (AvgIpc) is 3.25. The Bertz CT molecular complexity index is 1340. The quantitative estimate of drug-likeness (QED) is 0.292. The van der Waals surface area contributed by atoms with Gasteiger partial charge in [0.2, 0.25) is 0 Å². The summed E-state index contributed by atoms with van der Waals surface area (Å²) in [4.78, 5) is 47.8. The van der Waals surface area contributed by atoms with Gasteiger partial charge in [-0.2, -0.15) is 0 Å². The van der Waals surface area contributed by atoms with Crippen LogP contribution in [0.4, 0.5) is 0 Å². The van der Waals surface area contributed by atoms with E-state index in [1.807, 2.05) is 12.1 Å². The second kappa shape index (κ2) is 9.53. The fourth-order valence-electron chi connectivity index (χ4n) is 3.11. The van der Waals surface area contributed by atoms with Crippen LogP contribution >= 0.6 is 11.8 Å². The Morgan fingerprint density at radius 2 is 1.79 bits per heavy atom. The van der Waals surface area contributed by atoms with Crippen LogP contribution in [0.2, 0.25) is 0 Å². The number of aliphatic carboxylic acids is 1. The minimum atomic E-state index is -1.19. The lowest BCUT2D eigenvalue weighted by Crippen LogP contribution is -2.42. The van der Waals surface area contributed by atoms with Gasteiger partial charge in [0, 0.05) is 34.2 Å². The number of rotatable bonds is 8. The monoisotopic (exact) mass is 462 g/mol. The summed E-state index contributed by atoms with van der Waals surface area (Å²) in [6.07, 6.45) is 3.31. The van der Waals surface area contributed by atoms with Crippen LogP contribution in [-0.4, -0.2) is 54.8 Å². The Hall–Kier alpha value is -4.18. The molecular formula is C23H18N4O5S. The summed E-state index contributed by atoms with van der Waals surface area (Å²) in [7, 11) is 0. The molecule has 0 bridgehead atoms. The summed E-state index contributed by atoms with van der Waals surface area (Å²) in [6.45, 7) is 0. The molecule has 2 heterocycles. The zero-order valence-corrected chi connectivity index (χ0v) is 17.9. The van der Waals surface area contributed by atoms with Gasteiger partial charge in [0.15, 0.2) is 0 Å². The molecule has 4 N–H and O–H groups in total. The predicted octanol–water partition coefficient (Wildman–Crippen LogP) is 3.30. The second-order valence-corrected chi connectivity index (χ2v) is 8.15. The molecule has 2 aromatic heterocycles. The highest BCUT2D eigenvalue weighted by atomic mass is 32.2. The van der Waals surface area contributed by atoms with Crippen molar-refractivity contribution in [3.8, 4) is 11.4 Å². The first-order chi connectivity index (χ1) is 15.9. The lowest BCUT2D eigenvalue weighted by Gasteiger charge is -2.14. The molecular weight excluding hydrogens is 444 g/mol. The van der Waals surface area contributed by atoms with E-state index in [4.69, 9.17) is 5.11 Å². The van der Waals surface area contributed by atoms with Gasteiger partial charge in [-0.05, 0) is 48.5 Å². The van der Waals surface area contributed by atoms with Gasteiger partial charge in [-0.25, -0.2) is 14.6 Å². The number of benzene rings is 2. The Labute approximate surface area is 191 Å². The third-order valence-electron chi connectivity index (χ3n) is 4.80. The van der Waals surface area contributed by atoms with Crippen LogP contribution in [0.5, 0.6) is 0 Å². The van der Waals surface area contributed by atoms with Gasteiger partial charge in [-0.15, -0.1) is 11.8 Å². The number of aromatic amines is 1. The number of hydrogen-bond acceptors (Lipinski definition) is 6. The van der Waals surface area contributed by atoms with Gasteiger partial charge < -0.3 is 20.5 Å². The number of H-pyrrole nitrogens is 1. The molecule has 33 heavy (non-hydrogen) atoms. The Balaban J connectivity index is 1.47. The molecule has 9 nitrogen and oxygen atoms in total. The van der Waals surface area contributed by atoms with Gasteiger partial charge in [-0.3, -0.25) is 9.78 Å². The molecule has 0 radical (unpaired) electrons. The normalized spacial score (nSPS) is 11.8. The Kier molecular flexibility index (Phi) is 6.36. The number of carbonyl (C=O) groups excluding carboxylic acids is 1. The molecule has 1 amide bonds. The third kappa shape index (κ3) is 5.18. The first kappa shape index (κ1) is 22.0. The number of aromatic nitrogens is 3. The van der Waals surface area contributed by atoms with Crippen LogP contribution in [0.3, 0.4) is 0 Å². The van der Waals surface area contributed by atoms with Crippen LogP contribution in [0, 0.1) is 0 Å². The number of nitrogens with zero attached hydrogens (tertiary/aromatic N) is 2. The first-order valence-corrected chi connectivity index (χ1v) is 10.8. The molecule has 4 aromatic rings. The van der Waals surface area contributed by atoms with Crippen LogP contribution in [-0.2, 0) is 4.79 Å². The van der Waals surface area contributed by atoms with E-state index < -0.39 is 23.9 Å². The van der Waals surface area contributed by atoms with Gasteiger partial charge >= 0.3 is 11.9 Å². The van der Waals surface area contributed by atoms with E-state index in [1.165, 1.54) is 12.1 Å². The summed E-state index contributed by atoms with van der Waals surface area (Å²) in [5, 5.41) is 21.2. The molecule has 10 heteroatoms. The molecule has 0 fully saturated rings. The summed E-state index contributed by atoms with van der Waals surface area (Å²) in [5.41, 5.74) is 2.55. The van der Waals surface area contributed by atoms with Crippen LogP contribution in [0.15, 0.2) is 71.9 Å². The van der Waals surface area contributed by atoms with Crippen molar-refractivity contribution in [2.75, 3.05) is 5.75 Å². The van der Waals surface area contributed by atoms with E-state index in [2.05, 4.69) is 20.3 Å². The molecule has 0 saturated heterocycles. The molecule has 1 atom stereocenters. The van der Waals surface area contributed by atoms with E-state index >= 15 is 0 Å². The van der Waals surface area contributed by atoms with Gasteiger partial charge in [-0.1, -0.05) is 6.07 Å². The van der Waals surface area contributed by atoms with Crippen LogP contribution < -0.4 is 5.32 Å². The highest BCUT2D eigenvalue weighted by Gasteiger charge is 2.22. The highest BCUT2D eigenvalue weighted by Crippen LogP contribution is 2.22. The number of hydrogen-bond donors (Lipinski definition) is 4. The molecule has 0 aliphatic rings. The number of imidazole rings is 1. The zero-order valence-electron chi connectivity index (χ0n) is 17.1. The molecule has 4 rings (SSSR count). The second-order valence-electron chi connectivity index (χ2n) is 7.06. The van der Waals surface area contributed by atoms with Crippen molar-refractivity contribution >= 4 is 40.6 Å². The topological polar surface area (TPSA) is 145 Å². The van der Waals surface area contributed by atoms with Gasteiger partial charge in [0.05, 0.1) is 16.6 Å². The fourth-order valence-corrected chi connectivity index (χ4v) is 4.08. The number of aromatic carboxylic acids is 1. The Morgan fingerprint density at radius 1 is 1.00 bits per heavy atom. The molecule has 0 aliphatic carbocycles. The molecule has 0 spiro atoms. The first-order valence-electron chi connectivity index (χ1n) is 9.81. The summed E-state index contributed by atoms with van der Waals surface area (Å²) < 4.78 is 0. The van der Waals surface area contributed by atoms with Crippen molar-refractivity contribution in [1.82, 2.24) is 20.3 Å². The third-order valence-corrected chi connectivity index (χ3v) is 5.89. The van der Waals surface area contributed by atoms with Crippen LogP contribution in [0.25, 0.3) is 22.4 Å². The minimum Gasteiger partial charge on any atom is -0.480 e. The minimum absolute atomic E-state index is 0.0304. The number of carbonyl (C=O) groups is 3. The van der Waals surface area contributed by atoms with E-state index in [0.717, 1.165) is 17.3 Å². The van der Waals surface area contributed by atoms with Crippen molar-refractivity contribution in [3.05, 3.63) is 78.1 Å². The maximum absolute atomic E-state index is 12.7. The predicted molar refractivity (Wildman–Crippen MR) is 122 cm³/mol. The maximum Gasteiger partial charge on any atom is 0.335 e. The van der Waals surface area contributed by atoms with E-state index in [1.54, 1.807) is 42.7 Å². The van der Waals surface area contributed by atoms with Crippen molar-refractivity contribution in [2.24, 2.45) is 0 Å². The van der Waals surface area contributed by atoms with E-state index in [0.29, 0.717) is 21.8 Å². The van der Waals surface area contributed by atoms with Gasteiger partial charge in [0.1, 0.15) is 11.9 Å². The summed E-state index contributed by atoms with van der Waals surface area (Å²) >= 11 is 1.15. The fraction of sp³-hybridized carbons (Fsp3) is 0.0870. The van der Waals surface area contributed by atoms with E-state index in [-0.39, 0.29) is 16.9 Å². The SMILES string of the molecule is O=C(O)c1cccc(SC[C@H](NC(=O)c2ccc3nc(-c4ccncc4)[nH]c3c2)C(=O)O)c1. The number of pyridine rings is 1. The lowest BCUT2D eigenvalue weighted by atomic mass is 10.1. The van der Waals surface area contributed by atoms with E-state index in [9.17, 15) is 19.5 Å². The van der Waals surface area contributed by atoms with Crippen LogP contribution in [0.1, 0.15) is 20.7 Å². The van der Waals surface area contributed by atoms with Crippen molar-refractivity contribution in [1.29, 1.82) is 0 Å². The largest absolute Gasteiger partial charge is 0.480 e. The number of amides is 1. The lowest BCUT2D eigenvalue weighted by molar-refractivity contribution is -0.138. The number of nitrogens with one attached hydrogen (secondary N) is 2. The average molecular weight is 462 g/mol.